The molecular formula is C11H15ClN2O2S. The van der Waals surface area contributed by atoms with Crippen LogP contribution in [0.1, 0.15) is 23.8 Å². The topological polar surface area (TPSA) is 62.2 Å². The van der Waals surface area contributed by atoms with E-state index in [0.29, 0.717) is 5.82 Å². The second-order valence-corrected chi connectivity index (χ2v) is 5.05. The van der Waals surface area contributed by atoms with Crippen molar-refractivity contribution in [3.05, 3.63) is 22.8 Å². The van der Waals surface area contributed by atoms with E-state index in [1.165, 1.54) is 0 Å². The summed E-state index contributed by atoms with van der Waals surface area (Å²) in [6.45, 7) is 2.03. The van der Waals surface area contributed by atoms with Crippen LogP contribution in [0.3, 0.4) is 0 Å². The first-order valence-electron chi connectivity index (χ1n) is 5.20. The Labute approximate surface area is 110 Å². The minimum Gasteiger partial charge on any atom is -0.476 e. The number of hydrogen-bond donors (Lipinski definition) is 2. The maximum absolute atomic E-state index is 10.9. The molecule has 1 unspecified atom stereocenters. The smallest absolute Gasteiger partial charge is 0.356 e. The van der Waals surface area contributed by atoms with Crippen LogP contribution in [0, 0.1) is 0 Å². The van der Waals surface area contributed by atoms with Crippen molar-refractivity contribution in [3.8, 4) is 0 Å². The Kier molecular flexibility index (Phi) is 5.58. The van der Waals surface area contributed by atoms with E-state index in [0.717, 1.165) is 12.2 Å². The Morgan fingerprint density at radius 1 is 1.65 bits per heavy atom. The molecule has 0 radical (unpaired) electrons. The predicted molar refractivity (Wildman–Crippen MR) is 72.3 cm³/mol. The van der Waals surface area contributed by atoms with Gasteiger partial charge in [-0.1, -0.05) is 11.6 Å². The molecule has 0 aliphatic carbocycles. The molecule has 0 aliphatic rings. The summed E-state index contributed by atoms with van der Waals surface area (Å²) in [5, 5.41) is 12.2. The second-order valence-electron chi connectivity index (χ2n) is 3.66. The van der Waals surface area contributed by atoms with E-state index in [4.69, 9.17) is 16.7 Å². The molecule has 0 aromatic carbocycles. The molecule has 0 fully saturated rings. The molecule has 4 nitrogen and oxygen atoms in total. The maximum atomic E-state index is 10.9. The summed E-state index contributed by atoms with van der Waals surface area (Å²) < 4.78 is 0. The Morgan fingerprint density at radius 3 is 2.94 bits per heavy atom. The number of carbonyl (C=O) groups is 1. The number of carboxylic acids is 1. The van der Waals surface area contributed by atoms with Crippen molar-refractivity contribution in [1.82, 2.24) is 4.98 Å². The highest BCUT2D eigenvalue weighted by Crippen LogP contribution is 2.17. The summed E-state index contributed by atoms with van der Waals surface area (Å²) in [7, 11) is 0. The molecule has 0 saturated heterocycles. The third-order valence-electron chi connectivity index (χ3n) is 2.20. The molecule has 0 aliphatic heterocycles. The minimum atomic E-state index is -1.12. The molecule has 1 atom stereocenters. The quantitative estimate of drug-likeness (QED) is 0.835. The van der Waals surface area contributed by atoms with Crippen molar-refractivity contribution in [3.63, 3.8) is 0 Å². The van der Waals surface area contributed by atoms with Gasteiger partial charge in [0.2, 0.25) is 0 Å². The van der Waals surface area contributed by atoms with E-state index in [9.17, 15) is 4.79 Å². The van der Waals surface area contributed by atoms with Gasteiger partial charge < -0.3 is 10.4 Å². The van der Waals surface area contributed by atoms with Gasteiger partial charge in [-0.2, -0.15) is 11.8 Å². The van der Waals surface area contributed by atoms with Crippen LogP contribution in [0.2, 0.25) is 5.02 Å². The van der Waals surface area contributed by atoms with Crippen molar-refractivity contribution in [1.29, 1.82) is 0 Å². The number of anilines is 1. The molecule has 0 amide bonds. The lowest BCUT2D eigenvalue weighted by Gasteiger charge is -2.14. The Morgan fingerprint density at radius 2 is 2.35 bits per heavy atom. The molecule has 1 heterocycles. The van der Waals surface area contributed by atoms with Crippen LogP contribution in [-0.2, 0) is 0 Å². The van der Waals surface area contributed by atoms with Gasteiger partial charge in [0.1, 0.15) is 5.82 Å². The number of thioether (sulfide) groups is 1. The van der Waals surface area contributed by atoms with Crippen molar-refractivity contribution in [2.75, 3.05) is 17.3 Å². The molecule has 94 valence electrons. The highest BCUT2D eigenvalue weighted by Gasteiger charge is 2.12. The van der Waals surface area contributed by atoms with Crippen LogP contribution < -0.4 is 5.32 Å². The SMILES string of the molecule is CSCCC(C)Nc1ccc(Cl)c(C(=O)O)n1. The van der Waals surface area contributed by atoms with Crippen LogP contribution >= 0.6 is 23.4 Å². The average molecular weight is 275 g/mol. The number of aromatic carboxylic acids is 1. The van der Waals surface area contributed by atoms with Gasteiger partial charge in [0.05, 0.1) is 5.02 Å². The summed E-state index contributed by atoms with van der Waals surface area (Å²) in [4.78, 5) is 14.8. The highest BCUT2D eigenvalue weighted by atomic mass is 35.5. The number of hydrogen-bond acceptors (Lipinski definition) is 4. The largest absolute Gasteiger partial charge is 0.476 e. The fourth-order valence-electron chi connectivity index (χ4n) is 1.29. The van der Waals surface area contributed by atoms with Crippen molar-refractivity contribution >= 4 is 35.1 Å². The summed E-state index contributed by atoms with van der Waals surface area (Å²) in [6, 6.07) is 3.48. The first-order chi connectivity index (χ1) is 8.04. The summed E-state index contributed by atoms with van der Waals surface area (Å²) in [5.74, 6) is 0.476. The van der Waals surface area contributed by atoms with E-state index in [1.807, 2.05) is 6.92 Å². The van der Waals surface area contributed by atoms with Gasteiger partial charge >= 0.3 is 5.97 Å². The van der Waals surface area contributed by atoms with E-state index >= 15 is 0 Å². The number of halogens is 1. The zero-order chi connectivity index (χ0) is 12.8. The van der Waals surface area contributed by atoms with Crippen LogP contribution in [0.5, 0.6) is 0 Å². The third-order valence-corrected chi connectivity index (χ3v) is 3.15. The fourth-order valence-corrected chi connectivity index (χ4v) is 2.07. The molecule has 2 N–H and O–H groups in total. The lowest BCUT2D eigenvalue weighted by molar-refractivity contribution is 0.0691. The number of carboxylic acid groups (broad SMARTS) is 1. The van der Waals surface area contributed by atoms with E-state index in [-0.39, 0.29) is 16.8 Å². The first-order valence-corrected chi connectivity index (χ1v) is 6.97. The van der Waals surface area contributed by atoms with Gasteiger partial charge in [-0.15, -0.1) is 0 Å². The van der Waals surface area contributed by atoms with Gasteiger partial charge in [-0.05, 0) is 37.5 Å². The predicted octanol–water partition coefficient (Wildman–Crippen LogP) is 2.99. The first kappa shape index (κ1) is 14.1. The zero-order valence-electron chi connectivity index (χ0n) is 9.74. The lowest BCUT2D eigenvalue weighted by atomic mass is 10.2. The van der Waals surface area contributed by atoms with Crippen molar-refractivity contribution in [2.45, 2.75) is 19.4 Å². The van der Waals surface area contributed by atoms with Gasteiger partial charge in [0.15, 0.2) is 5.69 Å². The molecule has 17 heavy (non-hydrogen) atoms. The summed E-state index contributed by atoms with van der Waals surface area (Å²) >= 11 is 7.51. The van der Waals surface area contributed by atoms with Gasteiger partial charge in [0, 0.05) is 6.04 Å². The number of aromatic nitrogens is 1. The lowest BCUT2D eigenvalue weighted by Crippen LogP contribution is -2.17. The van der Waals surface area contributed by atoms with Crippen LogP contribution in [-0.4, -0.2) is 34.1 Å². The van der Waals surface area contributed by atoms with Crippen LogP contribution in [0.15, 0.2) is 12.1 Å². The number of nitrogens with zero attached hydrogens (tertiary/aromatic N) is 1. The van der Waals surface area contributed by atoms with Gasteiger partial charge in [-0.3, -0.25) is 0 Å². The van der Waals surface area contributed by atoms with Crippen LogP contribution in [0.4, 0.5) is 5.82 Å². The van der Waals surface area contributed by atoms with Crippen molar-refractivity contribution < 1.29 is 9.90 Å². The Bertz CT molecular complexity index is 401. The second kappa shape index (κ2) is 6.71. The molecule has 0 spiro atoms. The Hall–Kier alpha value is -0.940. The monoisotopic (exact) mass is 274 g/mol. The third kappa shape index (κ3) is 4.44. The fraction of sp³-hybridized carbons (Fsp3) is 0.455. The van der Waals surface area contributed by atoms with E-state index < -0.39 is 5.97 Å². The summed E-state index contributed by atoms with van der Waals surface area (Å²) in [5.41, 5.74) is -0.117. The summed E-state index contributed by atoms with van der Waals surface area (Å²) in [6.07, 6.45) is 3.05. The average Bonchev–Trinajstić information content (AvgIpc) is 2.28. The van der Waals surface area contributed by atoms with Gasteiger partial charge in [0.25, 0.3) is 0 Å². The Balaban J connectivity index is 2.72. The van der Waals surface area contributed by atoms with Crippen LogP contribution in [0.25, 0.3) is 0 Å². The molecule has 1 aromatic rings. The van der Waals surface area contributed by atoms with E-state index in [1.54, 1.807) is 23.9 Å². The normalized spacial score (nSPS) is 12.2. The minimum absolute atomic E-state index is 0.117. The maximum Gasteiger partial charge on any atom is 0.356 e. The van der Waals surface area contributed by atoms with Crippen molar-refractivity contribution in [2.24, 2.45) is 0 Å². The number of pyridine rings is 1. The molecule has 6 heteroatoms. The molecular weight excluding hydrogens is 260 g/mol. The van der Waals surface area contributed by atoms with Gasteiger partial charge in [-0.25, -0.2) is 9.78 Å². The molecule has 0 bridgehead atoms. The highest BCUT2D eigenvalue weighted by molar-refractivity contribution is 7.98. The standard InChI is InChI=1S/C11H15ClN2O2S/c1-7(5-6-17-2)13-9-4-3-8(12)10(14-9)11(15)16/h3-4,7H,5-6H2,1-2H3,(H,13,14)(H,15,16). The number of nitrogens with one attached hydrogen (secondary N) is 1. The molecule has 1 rings (SSSR count). The molecule has 0 saturated carbocycles. The zero-order valence-corrected chi connectivity index (χ0v) is 11.3. The van der Waals surface area contributed by atoms with E-state index in [2.05, 4.69) is 16.6 Å². The molecule has 1 aromatic heterocycles. The number of rotatable bonds is 6.